The van der Waals surface area contributed by atoms with Crippen LogP contribution in [0.5, 0.6) is 0 Å². The van der Waals surface area contributed by atoms with Crippen molar-refractivity contribution < 1.29 is 4.74 Å². The van der Waals surface area contributed by atoms with Gasteiger partial charge in [-0.1, -0.05) is 62.4 Å². The first-order valence-electron chi connectivity index (χ1n) is 9.35. The molecule has 0 unspecified atom stereocenters. The molecule has 0 saturated heterocycles. The van der Waals surface area contributed by atoms with Crippen molar-refractivity contribution in [1.29, 1.82) is 0 Å². The van der Waals surface area contributed by atoms with E-state index in [0.29, 0.717) is 5.92 Å². The van der Waals surface area contributed by atoms with Gasteiger partial charge in [-0.3, -0.25) is 0 Å². The van der Waals surface area contributed by atoms with E-state index in [1.54, 1.807) is 0 Å². The molecule has 2 bridgehead atoms. The monoisotopic (exact) mass is 357 g/mol. The maximum absolute atomic E-state index is 6.70. The van der Waals surface area contributed by atoms with Gasteiger partial charge in [0.1, 0.15) is 5.60 Å². The van der Waals surface area contributed by atoms with Crippen LogP contribution in [0.4, 0.5) is 0 Å². The Morgan fingerprint density at radius 3 is 2.08 bits per heavy atom. The molecule has 2 nitrogen and oxygen atoms in total. The summed E-state index contributed by atoms with van der Waals surface area (Å²) in [6, 6.07) is 17.9. The predicted molar refractivity (Wildman–Crippen MR) is 106 cm³/mol. The first kappa shape index (κ1) is 18.4. The molecule has 5 rings (SSSR count). The molecule has 2 aromatic rings. The maximum atomic E-state index is 6.70. The Balaban J connectivity index is 0.00000182. The highest BCUT2D eigenvalue weighted by Gasteiger charge is 2.48. The molecule has 0 fully saturated rings. The van der Waals surface area contributed by atoms with Crippen molar-refractivity contribution in [3.8, 4) is 0 Å². The molecule has 0 spiro atoms. The topological polar surface area (TPSA) is 12.5 Å². The number of halogens is 1. The summed E-state index contributed by atoms with van der Waals surface area (Å²) in [6.07, 6.45) is 2.29. The first-order chi connectivity index (χ1) is 11.8. The third-order valence-electron chi connectivity index (χ3n) is 5.98. The van der Waals surface area contributed by atoms with Gasteiger partial charge in [-0.25, -0.2) is 0 Å². The smallest absolute Gasteiger partial charge is 0.119 e. The van der Waals surface area contributed by atoms with Gasteiger partial charge < -0.3 is 9.64 Å². The van der Waals surface area contributed by atoms with E-state index in [2.05, 4.69) is 67.3 Å². The molecule has 3 aliphatic rings. The Bertz CT molecular complexity index is 678. The highest BCUT2D eigenvalue weighted by Crippen LogP contribution is 2.56. The molecule has 3 heteroatoms. The zero-order valence-corrected chi connectivity index (χ0v) is 16.0. The fraction of sp³-hybridized carbons (Fsp3) is 0.455. The number of ether oxygens (including phenoxy) is 1. The zero-order valence-electron chi connectivity index (χ0n) is 15.2. The molecule has 0 aromatic heterocycles. The largest absolute Gasteiger partial charge is 0.364 e. The van der Waals surface area contributed by atoms with Crippen molar-refractivity contribution in [2.75, 3.05) is 26.2 Å². The summed E-state index contributed by atoms with van der Waals surface area (Å²) in [6.45, 7) is 8.40. The number of benzene rings is 2. The molecule has 0 radical (unpaired) electrons. The number of rotatable bonds is 6. The first-order valence-corrected chi connectivity index (χ1v) is 9.35. The number of hydrogen-bond donors (Lipinski definition) is 0. The van der Waals surface area contributed by atoms with Crippen LogP contribution in [0.15, 0.2) is 48.5 Å². The Hall–Kier alpha value is -1.35. The number of likely N-dealkylation sites (N-methyl/N-ethyl adjacent to an activating group) is 1. The summed E-state index contributed by atoms with van der Waals surface area (Å²) in [4.78, 5) is 2.43. The van der Waals surface area contributed by atoms with Gasteiger partial charge in [-0.15, -0.1) is 12.4 Å². The van der Waals surface area contributed by atoms with Gasteiger partial charge in [-0.2, -0.15) is 0 Å². The average molecular weight is 358 g/mol. The van der Waals surface area contributed by atoms with Crippen molar-refractivity contribution in [2.45, 2.75) is 38.2 Å². The molecule has 3 aliphatic carbocycles. The van der Waals surface area contributed by atoms with E-state index in [4.69, 9.17) is 4.74 Å². The molecule has 0 atom stereocenters. The van der Waals surface area contributed by atoms with Gasteiger partial charge in [0.05, 0.1) is 6.61 Å². The fourth-order valence-electron chi connectivity index (χ4n) is 4.69. The molecule has 134 valence electrons. The van der Waals surface area contributed by atoms with Crippen LogP contribution in [0.25, 0.3) is 0 Å². The molecule has 0 amide bonds. The van der Waals surface area contributed by atoms with E-state index in [-0.39, 0.29) is 18.0 Å². The average Bonchev–Trinajstić information content (AvgIpc) is 2.66. The molecule has 0 heterocycles. The second-order valence-corrected chi connectivity index (χ2v) is 6.97. The number of hydrogen-bond acceptors (Lipinski definition) is 2. The third kappa shape index (κ3) is 2.91. The van der Waals surface area contributed by atoms with Crippen LogP contribution in [0.1, 0.15) is 54.9 Å². The minimum Gasteiger partial charge on any atom is -0.364 e. The molecule has 2 aromatic carbocycles. The maximum Gasteiger partial charge on any atom is 0.119 e. The lowest BCUT2D eigenvalue weighted by Crippen LogP contribution is -2.43. The molecule has 0 saturated carbocycles. The quantitative estimate of drug-likeness (QED) is 0.725. The van der Waals surface area contributed by atoms with Gasteiger partial charge in [0.15, 0.2) is 0 Å². The predicted octanol–water partition coefficient (Wildman–Crippen LogP) is 4.95. The van der Waals surface area contributed by atoms with Crippen LogP contribution >= 0.6 is 12.4 Å². The summed E-state index contributed by atoms with van der Waals surface area (Å²) in [7, 11) is 0. The van der Waals surface area contributed by atoms with Gasteiger partial charge in [0, 0.05) is 12.5 Å². The summed E-state index contributed by atoms with van der Waals surface area (Å²) >= 11 is 0. The van der Waals surface area contributed by atoms with Crippen LogP contribution in [-0.4, -0.2) is 31.1 Å². The highest BCUT2D eigenvalue weighted by molar-refractivity contribution is 5.85. The molecular formula is C22H28ClNO. The van der Waals surface area contributed by atoms with Crippen molar-refractivity contribution in [3.63, 3.8) is 0 Å². The highest BCUT2D eigenvalue weighted by atomic mass is 35.5. The fourth-order valence-corrected chi connectivity index (χ4v) is 4.69. The van der Waals surface area contributed by atoms with Gasteiger partial charge >= 0.3 is 0 Å². The molecular weight excluding hydrogens is 330 g/mol. The normalized spacial score (nSPS) is 23.1. The molecule has 25 heavy (non-hydrogen) atoms. The van der Waals surface area contributed by atoms with E-state index < -0.39 is 0 Å². The second-order valence-electron chi connectivity index (χ2n) is 6.97. The second kappa shape index (κ2) is 7.49. The summed E-state index contributed by atoms with van der Waals surface area (Å²) < 4.78 is 6.70. The van der Waals surface area contributed by atoms with E-state index in [1.807, 2.05) is 0 Å². The molecule has 0 aliphatic heterocycles. The Morgan fingerprint density at radius 1 is 0.960 bits per heavy atom. The Kier molecular flexibility index (Phi) is 5.52. The third-order valence-corrected chi connectivity index (χ3v) is 5.98. The van der Waals surface area contributed by atoms with E-state index in [0.717, 1.165) is 32.7 Å². The van der Waals surface area contributed by atoms with Crippen molar-refractivity contribution in [3.05, 3.63) is 70.8 Å². The van der Waals surface area contributed by atoms with Gasteiger partial charge in [-0.05, 0) is 48.2 Å². The van der Waals surface area contributed by atoms with Crippen molar-refractivity contribution >= 4 is 12.4 Å². The van der Waals surface area contributed by atoms with Crippen molar-refractivity contribution in [1.82, 2.24) is 4.90 Å². The number of fused-ring (bicyclic) bond motifs is 1. The zero-order chi connectivity index (χ0) is 16.6. The van der Waals surface area contributed by atoms with E-state index in [1.165, 1.54) is 28.7 Å². The summed E-state index contributed by atoms with van der Waals surface area (Å²) in [5, 5.41) is 0. The lowest BCUT2D eigenvalue weighted by atomic mass is 9.61. The van der Waals surface area contributed by atoms with Crippen LogP contribution in [0.3, 0.4) is 0 Å². The lowest BCUT2D eigenvalue weighted by molar-refractivity contribution is -0.0461. The number of nitrogens with zero attached hydrogens (tertiary/aromatic N) is 1. The minimum atomic E-state index is -0.241. The van der Waals surface area contributed by atoms with E-state index >= 15 is 0 Å². The summed E-state index contributed by atoms with van der Waals surface area (Å²) in [5.74, 6) is 0.547. The Morgan fingerprint density at radius 2 is 1.52 bits per heavy atom. The van der Waals surface area contributed by atoms with Gasteiger partial charge in [0.2, 0.25) is 0 Å². The van der Waals surface area contributed by atoms with Crippen LogP contribution in [0.2, 0.25) is 0 Å². The van der Waals surface area contributed by atoms with Crippen LogP contribution in [0, 0.1) is 0 Å². The van der Waals surface area contributed by atoms with Crippen molar-refractivity contribution in [2.24, 2.45) is 0 Å². The van der Waals surface area contributed by atoms with Crippen LogP contribution < -0.4 is 0 Å². The minimum absolute atomic E-state index is 0. The standard InChI is InChI=1S/C22H27NO.ClH/c1-3-23(4-2)15-16-24-22-14-13-17(18-9-5-7-11-20(18)22)19-10-6-8-12-21(19)22;/h5-12,17H,3-4,13-16H2,1-2H3;1H. The summed E-state index contributed by atoms with van der Waals surface area (Å²) in [5.41, 5.74) is 5.52. The van der Waals surface area contributed by atoms with Crippen LogP contribution in [-0.2, 0) is 10.3 Å². The lowest BCUT2D eigenvalue weighted by Gasteiger charge is -2.49. The van der Waals surface area contributed by atoms with Gasteiger partial charge in [0.25, 0.3) is 0 Å². The van der Waals surface area contributed by atoms with E-state index in [9.17, 15) is 0 Å². The SMILES string of the molecule is CCN(CC)CCOC12CCC(c3ccccc31)c1ccccc12.Cl. The Labute approximate surface area is 157 Å². The molecule has 0 N–H and O–H groups in total.